The van der Waals surface area contributed by atoms with Crippen molar-refractivity contribution < 1.29 is 14.9 Å². The Hall–Kier alpha value is -1.50. The van der Waals surface area contributed by atoms with Gasteiger partial charge in [0, 0.05) is 37.9 Å². The van der Waals surface area contributed by atoms with E-state index in [1.807, 2.05) is 23.1 Å². The van der Waals surface area contributed by atoms with E-state index in [1.54, 1.807) is 0 Å². The van der Waals surface area contributed by atoms with Crippen molar-refractivity contribution in [1.29, 1.82) is 0 Å². The van der Waals surface area contributed by atoms with Gasteiger partial charge >= 0.3 is 0 Å². The molecule has 20 heavy (non-hydrogen) atoms. The van der Waals surface area contributed by atoms with E-state index < -0.39 is 0 Å². The van der Waals surface area contributed by atoms with Crippen LogP contribution >= 0.6 is 0 Å². The molecule has 1 heterocycles. The Morgan fingerprint density at radius 1 is 1.20 bits per heavy atom. The van der Waals surface area contributed by atoms with Crippen molar-refractivity contribution in [3.8, 4) is 5.75 Å². The fourth-order valence-electron chi connectivity index (χ4n) is 2.41. The van der Waals surface area contributed by atoms with Crippen LogP contribution in [0.3, 0.4) is 0 Å². The second-order valence-electron chi connectivity index (χ2n) is 4.85. The lowest BCUT2D eigenvalue weighted by atomic mass is 10.2. The minimum Gasteiger partial charge on any atom is -0.489 e. The summed E-state index contributed by atoms with van der Waals surface area (Å²) >= 11 is 0. The number of hydrogen-bond acceptors (Lipinski definition) is 6. The highest BCUT2D eigenvalue weighted by atomic mass is 16.5. The number of nitrogens with zero attached hydrogens (tertiary/aromatic N) is 2. The fraction of sp³-hybridized carbons (Fsp3) is 0.571. The maximum absolute atomic E-state index is 9.02. The first-order chi connectivity index (χ1) is 9.74. The predicted molar refractivity (Wildman–Crippen MR) is 79.2 cm³/mol. The summed E-state index contributed by atoms with van der Waals surface area (Å²) in [5, 5.41) is 18.0. The highest BCUT2D eigenvalue weighted by Gasteiger charge is 2.18. The molecular weight excluding hydrogens is 258 g/mol. The van der Waals surface area contributed by atoms with Crippen molar-refractivity contribution >= 4 is 11.4 Å². The summed E-state index contributed by atoms with van der Waals surface area (Å²) in [6, 6.07) is 5.70. The molecule has 1 aliphatic rings. The molecule has 0 saturated heterocycles. The molecule has 6 heteroatoms. The van der Waals surface area contributed by atoms with Gasteiger partial charge in [-0.2, -0.15) is 0 Å². The smallest absolute Gasteiger partial charge is 0.144 e. The summed E-state index contributed by atoms with van der Waals surface area (Å²) in [6.07, 6.45) is 0. The second-order valence-corrected chi connectivity index (χ2v) is 4.85. The molecule has 1 aromatic carbocycles. The lowest BCUT2D eigenvalue weighted by Gasteiger charge is -2.33. The SMILES string of the molecule is Nc1ccc2c(c1)OCCN2CCN(CCO)CCO. The molecule has 0 unspecified atom stereocenters. The Balaban J connectivity index is 1.97. The van der Waals surface area contributed by atoms with Crippen molar-refractivity contribution in [2.24, 2.45) is 0 Å². The number of rotatable bonds is 7. The first-order valence-electron chi connectivity index (χ1n) is 6.96. The molecule has 0 aliphatic carbocycles. The van der Waals surface area contributed by atoms with Crippen molar-refractivity contribution in [3.63, 3.8) is 0 Å². The van der Waals surface area contributed by atoms with Gasteiger partial charge in [-0.25, -0.2) is 0 Å². The van der Waals surface area contributed by atoms with Crippen LogP contribution in [0.2, 0.25) is 0 Å². The van der Waals surface area contributed by atoms with Gasteiger partial charge in [0.25, 0.3) is 0 Å². The molecule has 2 rings (SSSR count). The number of nitrogen functional groups attached to an aromatic ring is 1. The summed E-state index contributed by atoms with van der Waals surface area (Å²) in [5.74, 6) is 0.826. The molecule has 0 bridgehead atoms. The number of nitrogens with two attached hydrogens (primary N) is 1. The van der Waals surface area contributed by atoms with E-state index >= 15 is 0 Å². The molecule has 0 fully saturated rings. The predicted octanol–water partition coefficient (Wildman–Crippen LogP) is -0.246. The Morgan fingerprint density at radius 2 is 1.95 bits per heavy atom. The van der Waals surface area contributed by atoms with Crippen molar-refractivity contribution in [1.82, 2.24) is 4.90 Å². The monoisotopic (exact) mass is 281 g/mol. The van der Waals surface area contributed by atoms with E-state index in [4.69, 9.17) is 20.7 Å². The molecule has 0 amide bonds. The van der Waals surface area contributed by atoms with Gasteiger partial charge in [-0.15, -0.1) is 0 Å². The maximum atomic E-state index is 9.02. The third kappa shape index (κ3) is 3.75. The number of fused-ring (bicyclic) bond motifs is 1. The Morgan fingerprint density at radius 3 is 2.65 bits per heavy atom. The van der Waals surface area contributed by atoms with Gasteiger partial charge in [-0.05, 0) is 12.1 Å². The number of ether oxygens (including phenoxy) is 1. The Labute approximate surface area is 119 Å². The lowest BCUT2D eigenvalue weighted by Crippen LogP contribution is -2.41. The van der Waals surface area contributed by atoms with Crippen molar-refractivity contribution in [3.05, 3.63) is 18.2 Å². The molecule has 1 aliphatic heterocycles. The minimum absolute atomic E-state index is 0.107. The second kappa shape index (κ2) is 7.33. The van der Waals surface area contributed by atoms with E-state index in [9.17, 15) is 0 Å². The summed E-state index contributed by atoms with van der Waals surface area (Å²) < 4.78 is 5.62. The van der Waals surface area contributed by atoms with Crippen LogP contribution in [-0.4, -0.2) is 67.7 Å². The number of benzene rings is 1. The highest BCUT2D eigenvalue weighted by molar-refractivity contribution is 5.65. The zero-order valence-corrected chi connectivity index (χ0v) is 11.7. The maximum Gasteiger partial charge on any atom is 0.144 e. The van der Waals surface area contributed by atoms with Crippen LogP contribution < -0.4 is 15.4 Å². The number of aliphatic hydroxyl groups is 2. The van der Waals surface area contributed by atoms with E-state index in [0.29, 0.717) is 25.4 Å². The molecule has 0 saturated carbocycles. The van der Waals surface area contributed by atoms with Gasteiger partial charge in [0.2, 0.25) is 0 Å². The topological polar surface area (TPSA) is 82.2 Å². The van der Waals surface area contributed by atoms with Gasteiger partial charge in [-0.3, -0.25) is 4.90 Å². The molecule has 6 nitrogen and oxygen atoms in total. The molecule has 0 atom stereocenters. The van der Waals surface area contributed by atoms with Gasteiger partial charge in [-0.1, -0.05) is 0 Å². The highest BCUT2D eigenvalue weighted by Crippen LogP contribution is 2.32. The first kappa shape index (κ1) is 14.9. The molecule has 0 aromatic heterocycles. The largest absolute Gasteiger partial charge is 0.489 e. The van der Waals surface area contributed by atoms with E-state index in [0.717, 1.165) is 31.1 Å². The van der Waals surface area contributed by atoms with Crippen LogP contribution in [0.25, 0.3) is 0 Å². The summed E-state index contributed by atoms with van der Waals surface area (Å²) in [5.41, 5.74) is 7.52. The van der Waals surface area contributed by atoms with Crippen LogP contribution in [-0.2, 0) is 0 Å². The minimum atomic E-state index is 0.107. The third-order valence-corrected chi connectivity index (χ3v) is 3.46. The zero-order valence-electron chi connectivity index (χ0n) is 11.7. The van der Waals surface area contributed by atoms with Gasteiger partial charge in [0.05, 0.1) is 25.4 Å². The molecule has 1 aromatic rings. The molecule has 0 radical (unpaired) electrons. The lowest BCUT2D eigenvalue weighted by molar-refractivity contribution is 0.162. The normalized spacial score (nSPS) is 14.2. The standard InChI is InChI=1S/C14H23N3O3/c15-12-1-2-13-14(11-12)20-10-7-17(13)4-3-16(5-8-18)6-9-19/h1-2,11,18-19H,3-10,15H2. The van der Waals surface area contributed by atoms with Crippen molar-refractivity contribution in [2.75, 3.05) is 63.2 Å². The summed E-state index contributed by atoms with van der Waals surface area (Å²) in [6.45, 7) is 4.50. The van der Waals surface area contributed by atoms with Crippen LogP contribution in [0.4, 0.5) is 11.4 Å². The van der Waals surface area contributed by atoms with Crippen molar-refractivity contribution in [2.45, 2.75) is 0 Å². The van der Waals surface area contributed by atoms with Gasteiger partial charge in [0.1, 0.15) is 12.4 Å². The van der Waals surface area contributed by atoms with E-state index in [-0.39, 0.29) is 13.2 Å². The van der Waals surface area contributed by atoms with E-state index in [1.165, 1.54) is 0 Å². The van der Waals surface area contributed by atoms with Gasteiger partial charge in [0.15, 0.2) is 0 Å². The molecule has 0 spiro atoms. The van der Waals surface area contributed by atoms with Gasteiger partial charge < -0.3 is 25.6 Å². The Bertz CT molecular complexity index is 422. The quantitative estimate of drug-likeness (QED) is 0.598. The Kier molecular flexibility index (Phi) is 5.46. The fourth-order valence-corrected chi connectivity index (χ4v) is 2.41. The van der Waals surface area contributed by atoms with Crippen LogP contribution in [0, 0.1) is 0 Å². The zero-order chi connectivity index (χ0) is 14.4. The van der Waals surface area contributed by atoms with Crippen LogP contribution in [0.15, 0.2) is 18.2 Å². The average Bonchev–Trinajstić information content (AvgIpc) is 2.44. The summed E-state index contributed by atoms with van der Waals surface area (Å²) in [7, 11) is 0. The summed E-state index contributed by atoms with van der Waals surface area (Å²) in [4.78, 5) is 4.30. The number of aliphatic hydroxyl groups excluding tert-OH is 2. The molecule has 4 N–H and O–H groups in total. The first-order valence-corrected chi connectivity index (χ1v) is 6.96. The molecule has 112 valence electrons. The third-order valence-electron chi connectivity index (χ3n) is 3.46. The van der Waals surface area contributed by atoms with E-state index in [2.05, 4.69) is 4.90 Å². The average molecular weight is 281 g/mol. The number of anilines is 2. The number of hydrogen-bond donors (Lipinski definition) is 3. The van der Waals surface area contributed by atoms with Crippen LogP contribution in [0.1, 0.15) is 0 Å². The van der Waals surface area contributed by atoms with Crippen LogP contribution in [0.5, 0.6) is 5.75 Å². The molecular formula is C14H23N3O3.